The van der Waals surface area contributed by atoms with Crippen LogP contribution in [0.3, 0.4) is 0 Å². The maximum atomic E-state index is 6.67. The fourth-order valence-electron chi connectivity index (χ4n) is 8.56. The quantitative estimate of drug-likeness (QED) is 0.186. The Labute approximate surface area is 313 Å². The molecule has 256 valence electrons. The molecule has 2 heterocycles. The van der Waals surface area contributed by atoms with Crippen molar-refractivity contribution in [3.63, 3.8) is 0 Å². The summed E-state index contributed by atoms with van der Waals surface area (Å²) < 4.78 is 6.67. The highest BCUT2D eigenvalue weighted by atomic mass is 16.5. The number of rotatable bonds is 4. The van der Waals surface area contributed by atoms with Crippen LogP contribution in [0.1, 0.15) is 36.8 Å². The summed E-state index contributed by atoms with van der Waals surface area (Å²) in [4.78, 5) is 15.6. The predicted octanol–water partition coefficient (Wildman–Crippen LogP) is 12.1. The molecule has 0 bridgehead atoms. The number of anilines is 1. The van der Waals surface area contributed by atoms with Gasteiger partial charge in [-0.1, -0.05) is 147 Å². The first-order valence-electron chi connectivity index (χ1n) is 18.5. The maximum absolute atomic E-state index is 6.67. The van der Waals surface area contributed by atoms with Gasteiger partial charge in [0.15, 0.2) is 29.5 Å². The molecule has 0 saturated heterocycles. The maximum Gasteiger partial charge on any atom is 0.196 e. The minimum atomic E-state index is -0.268. The Bertz CT molecular complexity index is 2990. The summed E-state index contributed by atoms with van der Waals surface area (Å²) in [6.07, 6.45) is -0.268. The van der Waals surface area contributed by atoms with E-state index in [1.54, 1.807) is 0 Å². The number of hydrogen-bond donors (Lipinski definition) is 1. The van der Waals surface area contributed by atoms with Crippen LogP contribution in [0.4, 0.5) is 5.69 Å². The van der Waals surface area contributed by atoms with Crippen molar-refractivity contribution in [3.8, 4) is 51.0 Å². The van der Waals surface area contributed by atoms with Crippen molar-refractivity contribution in [2.75, 3.05) is 5.32 Å². The monoisotopic (exact) mass is 694 g/mol. The molecule has 1 unspecified atom stereocenters. The summed E-state index contributed by atoms with van der Waals surface area (Å²) in [5.41, 5.74) is 9.97. The zero-order chi connectivity index (χ0) is 36.0. The topological polar surface area (TPSA) is 59.9 Å². The minimum Gasteiger partial charge on any atom is -0.464 e. The molecule has 11 rings (SSSR count). The van der Waals surface area contributed by atoms with Crippen LogP contribution in [0, 0.1) is 0 Å². The molecule has 8 aromatic carbocycles. The van der Waals surface area contributed by atoms with Crippen LogP contribution in [0.25, 0.3) is 77.6 Å². The van der Waals surface area contributed by atoms with Crippen LogP contribution >= 0.6 is 0 Å². The smallest absolute Gasteiger partial charge is 0.196 e. The van der Waals surface area contributed by atoms with Crippen molar-refractivity contribution in [1.82, 2.24) is 15.0 Å². The molecule has 54 heavy (non-hydrogen) atoms. The van der Waals surface area contributed by atoms with Gasteiger partial charge in [0.2, 0.25) is 0 Å². The number of nitrogens with zero attached hydrogens (tertiary/aromatic N) is 3. The second-order valence-corrected chi connectivity index (χ2v) is 14.9. The number of ether oxygens (including phenoxy) is 1. The SMILES string of the molecule is CC1(C)c2ccccc2-c2ccc(-c3nc(-c4ccc5ccccc5c4)nc(-c4ccc5c6c(c7ccccc7c5c4)NC(c4ccccc4)O6)n3)cc21. The molecule has 1 aliphatic carbocycles. The first-order valence-corrected chi connectivity index (χ1v) is 18.5. The van der Waals surface area contributed by atoms with E-state index in [0.717, 1.165) is 60.6 Å². The van der Waals surface area contributed by atoms with Gasteiger partial charge in [-0.2, -0.15) is 0 Å². The second-order valence-electron chi connectivity index (χ2n) is 14.9. The lowest BCUT2D eigenvalue weighted by Gasteiger charge is -2.21. The lowest BCUT2D eigenvalue weighted by atomic mass is 9.82. The summed E-state index contributed by atoms with van der Waals surface area (Å²) in [5.74, 6) is 2.77. The number of hydrogen-bond acceptors (Lipinski definition) is 5. The molecular formula is C49H34N4O. The van der Waals surface area contributed by atoms with Crippen LogP contribution in [0.15, 0.2) is 158 Å². The molecule has 0 fully saturated rings. The highest BCUT2D eigenvalue weighted by molar-refractivity contribution is 6.18. The average molecular weight is 695 g/mol. The van der Waals surface area contributed by atoms with Gasteiger partial charge in [0.1, 0.15) is 0 Å². The molecule has 1 N–H and O–H groups in total. The first kappa shape index (κ1) is 30.7. The average Bonchev–Trinajstić information content (AvgIpc) is 3.78. The third kappa shape index (κ3) is 4.68. The fourth-order valence-corrected chi connectivity index (χ4v) is 8.56. The third-order valence-electron chi connectivity index (χ3n) is 11.3. The van der Waals surface area contributed by atoms with Crippen molar-refractivity contribution in [1.29, 1.82) is 0 Å². The normalized spacial score (nSPS) is 15.1. The highest BCUT2D eigenvalue weighted by Gasteiger charge is 2.35. The molecule has 9 aromatic rings. The van der Waals surface area contributed by atoms with Crippen LogP contribution in [0.2, 0.25) is 0 Å². The molecule has 5 nitrogen and oxygen atoms in total. The molecule has 1 atom stereocenters. The molecule has 0 spiro atoms. The van der Waals surface area contributed by atoms with Crippen molar-refractivity contribution < 1.29 is 4.74 Å². The Kier molecular flexibility index (Phi) is 6.59. The van der Waals surface area contributed by atoms with Gasteiger partial charge in [0.05, 0.1) is 5.69 Å². The molecular weight excluding hydrogens is 661 g/mol. The molecule has 2 aliphatic rings. The van der Waals surface area contributed by atoms with Crippen LogP contribution in [-0.2, 0) is 5.41 Å². The number of fused-ring (bicyclic) bond motifs is 10. The zero-order valence-electron chi connectivity index (χ0n) is 29.8. The van der Waals surface area contributed by atoms with E-state index in [-0.39, 0.29) is 11.6 Å². The van der Waals surface area contributed by atoms with Gasteiger partial charge in [-0.15, -0.1) is 0 Å². The summed E-state index contributed by atoms with van der Waals surface area (Å²) in [6, 6.07) is 55.5. The molecule has 0 saturated carbocycles. The Morgan fingerprint density at radius 3 is 1.91 bits per heavy atom. The first-order chi connectivity index (χ1) is 26.5. The Morgan fingerprint density at radius 1 is 0.481 bits per heavy atom. The van der Waals surface area contributed by atoms with Gasteiger partial charge in [0.25, 0.3) is 0 Å². The largest absolute Gasteiger partial charge is 0.464 e. The van der Waals surface area contributed by atoms with Gasteiger partial charge in [-0.05, 0) is 68.1 Å². The number of aromatic nitrogens is 3. The predicted molar refractivity (Wildman–Crippen MR) is 220 cm³/mol. The molecule has 5 heteroatoms. The second kappa shape index (κ2) is 11.6. The van der Waals surface area contributed by atoms with Crippen LogP contribution < -0.4 is 10.1 Å². The lowest BCUT2D eigenvalue weighted by molar-refractivity contribution is 0.262. The van der Waals surface area contributed by atoms with Crippen LogP contribution in [-0.4, -0.2) is 15.0 Å². The van der Waals surface area contributed by atoms with E-state index in [1.807, 2.05) is 18.2 Å². The van der Waals surface area contributed by atoms with E-state index in [4.69, 9.17) is 19.7 Å². The number of benzene rings is 8. The molecule has 0 amide bonds. The van der Waals surface area contributed by atoms with Crippen molar-refractivity contribution >= 4 is 38.0 Å². The highest BCUT2D eigenvalue weighted by Crippen LogP contribution is 2.51. The van der Waals surface area contributed by atoms with E-state index in [0.29, 0.717) is 17.5 Å². The Balaban J connectivity index is 1.09. The van der Waals surface area contributed by atoms with Crippen LogP contribution in [0.5, 0.6) is 5.75 Å². The van der Waals surface area contributed by atoms with Gasteiger partial charge < -0.3 is 10.1 Å². The summed E-state index contributed by atoms with van der Waals surface area (Å²) in [6.45, 7) is 4.61. The number of nitrogens with one attached hydrogen (secondary N) is 1. The van der Waals surface area contributed by atoms with E-state index in [1.165, 1.54) is 27.6 Å². The third-order valence-corrected chi connectivity index (χ3v) is 11.3. The molecule has 1 aromatic heterocycles. The van der Waals surface area contributed by atoms with Crippen molar-refractivity contribution in [2.45, 2.75) is 25.5 Å². The Morgan fingerprint density at radius 2 is 1.09 bits per heavy atom. The molecule has 0 radical (unpaired) electrons. The van der Waals surface area contributed by atoms with Gasteiger partial charge in [-0.3, -0.25) is 0 Å². The lowest BCUT2D eigenvalue weighted by Crippen LogP contribution is -2.15. The van der Waals surface area contributed by atoms with Crippen molar-refractivity contribution in [2.24, 2.45) is 0 Å². The minimum absolute atomic E-state index is 0.144. The summed E-state index contributed by atoms with van der Waals surface area (Å²) in [7, 11) is 0. The van der Waals surface area contributed by atoms with E-state index in [2.05, 4.69) is 159 Å². The van der Waals surface area contributed by atoms with Crippen molar-refractivity contribution in [3.05, 3.63) is 174 Å². The van der Waals surface area contributed by atoms with E-state index >= 15 is 0 Å². The Hall–Kier alpha value is -6.85. The fraction of sp³-hybridized carbons (Fsp3) is 0.0816. The zero-order valence-corrected chi connectivity index (χ0v) is 29.8. The van der Waals surface area contributed by atoms with E-state index in [9.17, 15) is 0 Å². The van der Waals surface area contributed by atoms with Gasteiger partial charge in [0, 0.05) is 38.4 Å². The van der Waals surface area contributed by atoms with Gasteiger partial charge >= 0.3 is 0 Å². The standard InChI is InChI=1S/C49H34N4O/c1-49(2)41-19-11-10-17-36(41)37-24-22-34(28-42(37)49)47-52-45(32-21-20-29-12-6-7-15-31(29)26-32)51-46(53-47)33-23-25-39-40(27-33)35-16-8-9-18-38(35)43-44(39)54-48(50-43)30-13-4-3-5-14-30/h3-28,48,50H,1-2H3. The summed E-state index contributed by atoms with van der Waals surface area (Å²) >= 11 is 0. The molecule has 1 aliphatic heterocycles. The van der Waals surface area contributed by atoms with Gasteiger partial charge in [-0.25, -0.2) is 15.0 Å². The van der Waals surface area contributed by atoms with E-state index < -0.39 is 0 Å². The summed E-state index contributed by atoms with van der Waals surface area (Å²) in [5, 5.41) is 10.4.